The van der Waals surface area contributed by atoms with E-state index in [2.05, 4.69) is 6.07 Å². The van der Waals surface area contributed by atoms with Crippen molar-refractivity contribution in [2.45, 2.75) is 39.5 Å². The molecule has 2 heterocycles. The molecule has 2 atom stereocenters. The zero-order valence-electron chi connectivity index (χ0n) is 16.5. The van der Waals surface area contributed by atoms with Gasteiger partial charge in [-0.1, -0.05) is 23.6 Å². The van der Waals surface area contributed by atoms with Crippen LogP contribution >= 0.6 is 0 Å². The lowest BCUT2D eigenvalue weighted by Gasteiger charge is -2.36. The van der Waals surface area contributed by atoms with Gasteiger partial charge in [0.25, 0.3) is 5.91 Å². The van der Waals surface area contributed by atoms with Gasteiger partial charge >= 0.3 is 0 Å². The highest BCUT2D eigenvalue weighted by molar-refractivity contribution is 5.95. The van der Waals surface area contributed by atoms with E-state index in [0.717, 1.165) is 55.5 Å². The minimum absolute atomic E-state index is 0.0239. The Morgan fingerprint density at radius 2 is 1.70 bits per heavy atom. The molecule has 1 aromatic carbocycles. The molecule has 1 aromatic rings. The second kappa shape index (κ2) is 7.27. The highest BCUT2D eigenvalue weighted by Gasteiger charge is 2.52. The van der Waals surface area contributed by atoms with E-state index in [1.54, 1.807) is 0 Å². The van der Waals surface area contributed by atoms with Crippen molar-refractivity contribution in [1.29, 1.82) is 0 Å². The molecule has 5 heteroatoms. The molecule has 5 nitrogen and oxygen atoms in total. The first kappa shape index (κ1) is 18.5. The molecule has 1 saturated carbocycles. The van der Waals surface area contributed by atoms with Crippen molar-refractivity contribution < 1.29 is 14.3 Å². The molecule has 2 amide bonds. The molecule has 3 aliphatic rings. The van der Waals surface area contributed by atoms with Crippen molar-refractivity contribution >= 4 is 11.8 Å². The van der Waals surface area contributed by atoms with Crippen LogP contribution in [0.3, 0.4) is 0 Å². The quantitative estimate of drug-likeness (QED) is 0.804. The lowest BCUT2D eigenvalue weighted by Crippen LogP contribution is -2.47. The predicted molar refractivity (Wildman–Crippen MR) is 104 cm³/mol. The number of benzene rings is 1. The number of morpholine rings is 1. The Kier molecular flexibility index (Phi) is 4.97. The number of ether oxygens (including phenoxy) is 1. The maximum atomic E-state index is 13.2. The van der Waals surface area contributed by atoms with E-state index in [1.165, 1.54) is 0 Å². The zero-order chi connectivity index (χ0) is 19.0. The summed E-state index contributed by atoms with van der Waals surface area (Å²) in [6.45, 7) is 8.24. The minimum Gasteiger partial charge on any atom is -0.378 e. The van der Waals surface area contributed by atoms with E-state index in [9.17, 15) is 9.59 Å². The molecule has 27 heavy (non-hydrogen) atoms. The lowest BCUT2D eigenvalue weighted by atomic mass is 9.76. The fraction of sp³-hybridized carbons (Fsp3) is 0.636. The maximum absolute atomic E-state index is 13.2. The third-order valence-corrected chi connectivity index (χ3v) is 6.67. The number of rotatable bonds is 2. The Hall–Kier alpha value is -1.88. The minimum atomic E-state index is -0.0239. The zero-order valence-corrected chi connectivity index (χ0v) is 16.5. The molecule has 1 aliphatic carbocycles. The van der Waals surface area contributed by atoms with Crippen LogP contribution in [0.15, 0.2) is 18.2 Å². The smallest absolute Gasteiger partial charge is 0.253 e. The monoisotopic (exact) mass is 370 g/mol. The van der Waals surface area contributed by atoms with E-state index in [0.29, 0.717) is 26.3 Å². The average molecular weight is 370 g/mol. The first-order valence-electron chi connectivity index (χ1n) is 10.2. The Balaban J connectivity index is 1.49. The van der Waals surface area contributed by atoms with E-state index < -0.39 is 0 Å². The number of likely N-dealkylation sites (tertiary alicyclic amines) is 1. The van der Waals surface area contributed by atoms with Crippen LogP contribution in [-0.2, 0) is 9.53 Å². The SMILES string of the molecule is Cc1cc(C)cc(C(=O)N2CCC3(CCCC3C(=O)N3CCOCC3)C2)c1. The van der Waals surface area contributed by atoms with Crippen LogP contribution in [0.5, 0.6) is 0 Å². The normalized spacial score (nSPS) is 28.1. The molecule has 0 bridgehead atoms. The largest absolute Gasteiger partial charge is 0.378 e. The van der Waals surface area contributed by atoms with Crippen molar-refractivity contribution in [2.75, 3.05) is 39.4 Å². The van der Waals surface area contributed by atoms with Gasteiger partial charge in [0.1, 0.15) is 0 Å². The van der Waals surface area contributed by atoms with Crippen molar-refractivity contribution in [2.24, 2.45) is 11.3 Å². The highest BCUT2D eigenvalue weighted by atomic mass is 16.5. The standard InChI is InChI=1S/C22H30N2O3/c1-16-12-17(2)14-18(13-16)20(25)24-7-6-22(15-24)5-3-4-19(22)21(26)23-8-10-27-11-9-23/h12-14,19H,3-11,15H2,1-2H3. The van der Waals surface area contributed by atoms with Crippen molar-refractivity contribution in [3.63, 3.8) is 0 Å². The van der Waals surface area contributed by atoms with Gasteiger partial charge in [-0.15, -0.1) is 0 Å². The molecule has 2 unspecified atom stereocenters. The highest BCUT2D eigenvalue weighted by Crippen LogP contribution is 2.50. The van der Waals surface area contributed by atoms with Gasteiger partial charge in [0.15, 0.2) is 0 Å². The van der Waals surface area contributed by atoms with E-state index in [1.807, 2.05) is 35.8 Å². The number of hydrogen-bond donors (Lipinski definition) is 0. The number of aryl methyl sites for hydroxylation is 2. The van der Waals surface area contributed by atoms with Crippen LogP contribution in [0.1, 0.15) is 47.2 Å². The second-order valence-electron chi connectivity index (χ2n) is 8.60. The third kappa shape index (κ3) is 3.49. The lowest BCUT2D eigenvalue weighted by molar-refractivity contribution is -0.143. The van der Waals surface area contributed by atoms with Gasteiger partial charge in [0.05, 0.1) is 13.2 Å². The van der Waals surface area contributed by atoms with Gasteiger partial charge in [-0.05, 0) is 45.2 Å². The summed E-state index contributed by atoms with van der Waals surface area (Å²) in [4.78, 5) is 30.2. The Bertz CT molecular complexity index is 721. The fourth-order valence-corrected chi connectivity index (χ4v) is 5.37. The summed E-state index contributed by atoms with van der Waals surface area (Å²) >= 11 is 0. The molecular formula is C22H30N2O3. The molecular weight excluding hydrogens is 340 g/mol. The van der Waals surface area contributed by atoms with Gasteiger partial charge in [-0.3, -0.25) is 9.59 Å². The molecule has 2 saturated heterocycles. The van der Waals surface area contributed by atoms with Crippen molar-refractivity contribution in [1.82, 2.24) is 9.80 Å². The van der Waals surface area contributed by atoms with Gasteiger partial charge < -0.3 is 14.5 Å². The number of amides is 2. The molecule has 2 aliphatic heterocycles. The molecule has 0 aromatic heterocycles. The average Bonchev–Trinajstić information content (AvgIpc) is 3.28. The van der Waals surface area contributed by atoms with Gasteiger partial charge in [0.2, 0.25) is 5.91 Å². The third-order valence-electron chi connectivity index (χ3n) is 6.67. The van der Waals surface area contributed by atoms with Crippen LogP contribution in [0.2, 0.25) is 0 Å². The summed E-state index contributed by atoms with van der Waals surface area (Å²) < 4.78 is 5.40. The van der Waals surface area contributed by atoms with Crippen LogP contribution in [0, 0.1) is 25.2 Å². The van der Waals surface area contributed by atoms with Gasteiger partial charge in [-0.25, -0.2) is 0 Å². The van der Waals surface area contributed by atoms with Gasteiger partial charge in [-0.2, -0.15) is 0 Å². The van der Waals surface area contributed by atoms with E-state index in [4.69, 9.17) is 4.74 Å². The Labute approximate surface area is 161 Å². The molecule has 146 valence electrons. The topological polar surface area (TPSA) is 49.9 Å². The number of carbonyl (C=O) groups is 2. The number of hydrogen-bond acceptors (Lipinski definition) is 3. The van der Waals surface area contributed by atoms with E-state index >= 15 is 0 Å². The fourth-order valence-electron chi connectivity index (χ4n) is 5.37. The predicted octanol–water partition coefficient (Wildman–Crippen LogP) is 2.79. The Morgan fingerprint density at radius 1 is 1.00 bits per heavy atom. The summed E-state index contributed by atoms with van der Waals surface area (Å²) in [6.07, 6.45) is 4.06. The summed E-state index contributed by atoms with van der Waals surface area (Å²) in [7, 11) is 0. The Morgan fingerprint density at radius 3 is 2.41 bits per heavy atom. The summed E-state index contributed by atoms with van der Waals surface area (Å²) in [6, 6.07) is 6.05. The first-order valence-corrected chi connectivity index (χ1v) is 10.2. The number of nitrogens with zero attached hydrogens (tertiary/aromatic N) is 2. The van der Waals surface area contributed by atoms with Crippen LogP contribution in [-0.4, -0.2) is 61.0 Å². The second-order valence-corrected chi connectivity index (χ2v) is 8.60. The molecule has 4 rings (SSSR count). The van der Waals surface area contributed by atoms with Crippen LogP contribution in [0.4, 0.5) is 0 Å². The van der Waals surface area contributed by atoms with Crippen molar-refractivity contribution in [3.8, 4) is 0 Å². The summed E-state index contributed by atoms with van der Waals surface area (Å²) in [5.41, 5.74) is 2.99. The summed E-state index contributed by atoms with van der Waals surface area (Å²) in [5, 5.41) is 0. The molecule has 0 N–H and O–H groups in total. The van der Waals surface area contributed by atoms with Gasteiger partial charge in [0, 0.05) is 43.1 Å². The maximum Gasteiger partial charge on any atom is 0.253 e. The van der Waals surface area contributed by atoms with Crippen LogP contribution < -0.4 is 0 Å². The van der Waals surface area contributed by atoms with Crippen LogP contribution in [0.25, 0.3) is 0 Å². The van der Waals surface area contributed by atoms with E-state index in [-0.39, 0.29) is 23.1 Å². The first-order chi connectivity index (χ1) is 13.0. The molecule has 3 fully saturated rings. The summed E-state index contributed by atoms with van der Waals surface area (Å²) in [5.74, 6) is 0.465. The number of carbonyl (C=O) groups excluding carboxylic acids is 2. The molecule has 0 radical (unpaired) electrons. The molecule has 1 spiro atoms. The van der Waals surface area contributed by atoms with Crippen molar-refractivity contribution in [3.05, 3.63) is 34.9 Å².